The summed E-state index contributed by atoms with van der Waals surface area (Å²) in [5.74, 6) is 0.655. The van der Waals surface area contributed by atoms with Crippen LogP contribution in [0.4, 0.5) is 0 Å². The van der Waals surface area contributed by atoms with E-state index in [1.165, 1.54) is 17.7 Å². The Morgan fingerprint density at radius 3 is 2.90 bits per heavy atom. The summed E-state index contributed by atoms with van der Waals surface area (Å²) in [6.07, 6.45) is 0.656. The first-order chi connectivity index (χ1) is 9.94. The summed E-state index contributed by atoms with van der Waals surface area (Å²) in [5.41, 5.74) is 0. The Bertz CT molecular complexity index is 531. The summed E-state index contributed by atoms with van der Waals surface area (Å²) in [4.78, 5) is 4.02. The molecule has 0 amide bonds. The summed E-state index contributed by atoms with van der Waals surface area (Å²) in [7, 11) is -1.86. The summed E-state index contributed by atoms with van der Waals surface area (Å²) in [6, 6.07) is 0. The topological polar surface area (TPSA) is 97.4 Å². The summed E-state index contributed by atoms with van der Waals surface area (Å²) in [5, 5.41) is 6.48. The molecule has 1 aliphatic heterocycles. The number of aromatic nitrogens is 3. The average Bonchev–Trinajstić information content (AvgIpc) is 2.99. The van der Waals surface area contributed by atoms with Crippen molar-refractivity contribution in [2.24, 2.45) is 5.92 Å². The summed E-state index contributed by atoms with van der Waals surface area (Å²) in [6.45, 7) is 4.82. The molecule has 2 heterocycles. The largest absolute Gasteiger partial charge is 0.380 e. The van der Waals surface area contributed by atoms with Crippen LogP contribution in [0.1, 0.15) is 25.8 Å². The Morgan fingerprint density at radius 2 is 2.33 bits per heavy atom. The monoisotopic (exact) mass is 318 g/mol. The molecular formula is C12H22N4O4S. The number of ether oxygens (including phenoxy) is 2. The van der Waals surface area contributed by atoms with Gasteiger partial charge in [0.15, 0.2) is 5.82 Å². The van der Waals surface area contributed by atoms with Crippen LogP contribution in [0.25, 0.3) is 0 Å². The van der Waals surface area contributed by atoms with Gasteiger partial charge in [-0.15, -0.1) is 0 Å². The van der Waals surface area contributed by atoms with E-state index >= 15 is 0 Å². The van der Waals surface area contributed by atoms with Gasteiger partial charge in [0.05, 0.1) is 18.5 Å². The van der Waals surface area contributed by atoms with Crippen molar-refractivity contribution in [3.05, 3.63) is 12.2 Å². The molecule has 0 spiro atoms. The first-order valence-corrected chi connectivity index (χ1v) is 8.52. The second-order valence-corrected chi connectivity index (χ2v) is 7.40. The summed E-state index contributed by atoms with van der Waals surface area (Å²) < 4.78 is 37.3. The van der Waals surface area contributed by atoms with Gasteiger partial charge < -0.3 is 9.47 Å². The van der Waals surface area contributed by atoms with Gasteiger partial charge in [0.1, 0.15) is 12.4 Å². The number of rotatable bonds is 6. The zero-order valence-corrected chi connectivity index (χ0v) is 13.3. The summed E-state index contributed by atoms with van der Waals surface area (Å²) >= 11 is 0. The van der Waals surface area contributed by atoms with Gasteiger partial charge in [-0.1, -0.05) is 13.8 Å². The molecule has 1 aromatic heterocycles. The minimum Gasteiger partial charge on any atom is -0.380 e. The van der Waals surface area contributed by atoms with Gasteiger partial charge in [0.2, 0.25) is 10.0 Å². The fourth-order valence-electron chi connectivity index (χ4n) is 2.26. The van der Waals surface area contributed by atoms with Crippen molar-refractivity contribution in [3.8, 4) is 0 Å². The van der Waals surface area contributed by atoms with Crippen LogP contribution in [0.3, 0.4) is 0 Å². The maximum absolute atomic E-state index is 12.5. The molecule has 0 radical (unpaired) electrons. The molecule has 120 valence electrons. The fourth-order valence-corrected chi connectivity index (χ4v) is 4.12. The number of aromatic amines is 1. The molecule has 1 saturated heterocycles. The molecule has 0 bridgehead atoms. The van der Waals surface area contributed by atoms with E-state index in [-0.39, 0.29) is 24.3 Å². The highest BCUT2D eigenvalue weighted by molar-refractivity contribution is 7.89. The van der Waals surface area contributed by atoms with Crippen LogP contribution in [-0.4, -0.2) is 66.6 Å². The van der Waals surface area contributed by atoms with Gasteiger partial charge in [0, 0.05) is 20.2 Å². The van der Waals surface area contributed by atoms with Crippen molar-refractivity contribution in [1.29, 1.82) is 0 Å². The Labute approximate surface area is 124 Å². The van der Waals surface area contributed by atoms with Gasteiger partial charge in [-0.25, -0.2) is 13.4 Å². The van der Waals surface area contributed by atoms with Gasteiger partial charge >= 0.3 is 0 Å². The van der Waals surface area contributed by atoms with Crippen molar-refractivity contribution in [3.63, 3.8) is 0 Å². The molecule has 1 aliphatic rings. The predicted octanol–water partition coefficient (Wildman–Crippen LogP) is 0.179. The van der Waals surface area contributed by atoms with Crippen LogP contribution in [0, 0.1) is 5.92 Å². The molecule has 0 saturated carbocycles. The van der Waals surface area contributed by atoms with Crippen LogP contribution < -0.4 is 0 Å². The standard InChI is InChI=1S/C12H22N4O4S/c1-9(2)11(19-3)7-21(17,18)16-4-5-20-10(6-16)12-13-8-14-15-12/h8-11H,4-7H2,1-3H3,(H,13,14,15). The molecule has 2 rings (SSSR count). The minimum atomic E-state index is -3.40. The molecule has 8 nitrogen and oxygen atoms in total. The first kappa shape index (κ1) is 16.3. The van der Waals surface area contributed by atoms with Crippen LogP contribution in [0.2, 0.25) is 0 Å². The number of nitrogens with zero attached hydrogens (tertiary/aromatic N) is 3. The van der Waals surface area contributed by atoms with Crippen molar-refractivity contribution in [2.45, 2.75) is 26.1 Å². The van der Waals surface area contributed by atoms with Gasteiger partial charge in [-0.3, -0.25) is 5.10 Å². The molecule has 2 atom stereocenters. The number of H-pyrrole nitrogens is 1. The SMILES string of the molecule is COC(CS(=O)(=O)N1CCOC(c2ncn[nH]2)C1)C(C)C. The zero-order chi connectivity index (χ0) is 15.5. The van der Waals surface area contributed by atoms with Crippen LogP contribution in [-0.2, 0) is 19.5 Å². The molecule has 0 aliphatic carbocycles. The minimum absolute atomic E-state index is 0.0235. The van der Waals surface area contributed by atoms with Gasteiger partial charge in [-0.2, -0.15) is 9.40 Å². The lowest BCUT2D eigenvalue weighted by Gasteiger charge is -2.32. The van der Waals surface area contributed by atoms with Crippen molar-refractivity contribution in [1.82, 2.24) is 19.5 Å². The van der Waals surface area contributed by atoms with Crippen LogP contribution in [0.5, 0.6) is 0 Å². The van der Waals surface area contributed by atoms with Crippen LogP contribution in [0.15, 0.2) is 6.33 Å². The number of sulfonamides is 1. The maximum atomic E-state index is 12.5. The third kappa shape index (κ3) is 4.00. The first-order valence-electron chi connectivity index (χ1n) is 6.91. The maximum Gasteiger partial charge on any atom is 0.216 e. The predicted molar refractivity (Wildman–Crippen MR) is 76.1 cm³/mol. The molecule has 0 aromatic carbocycles. The lowest BCUT2D eigenvalue weighted by atomic mass is 10.1. The molecule has 1 fully saturated rings. The highest BCUT2D eigenvalue weighted by Crippen LogP contribution is 2.22. The molecule has 9 heteroatoms. The van der Waals surface area contributed by atoms with Crippen molar-refractivity contribution in [2.75, 3.05) is 32.6 Å². The van der Waals surface area contributed by atoms with Crippen molar-refractivity contribution < 1.29 is 17.9 Å². The van der Waals surface area contributed by atoms with Crippen LogP contribution >= 0.6 is 0 Å². The molecule has 2 unspecified atom stereocenters. The molecule has 1 aromatic rings. The van der Waals surface area contributed by atoms with E-state index in [9.17, 15) is 8.42 Å². The molecular weight excluding hydrogens is 296 g/mol. The fraction of sp³-hybridized carbons (Fsp3) is 0.833. The van der Waals surface area contributed by atoms with E-state index in [2.05, 4.69) is 15.2 Å². The normalized spacial score (nSPS) is 22.6. The highest BCUT2D eigenvalue weighted by atomic mass is 32.2. The van der Waals surface area contributed by atoms with Crippen molar-refractivity contribution >= 4 is 10.0 Å². The second kappa shape index (κ2) is 6.82. The van der Waals surface area contributed by atoms with E-state index in [4.69, 9.17) is 9.47 Å². The highest BCUT2D eigenvalue weighted by Gasteiger charge is 2.33. The van der Waals surface area contributed by atoms with E-state index in [0.717, 1.165) is 0 Å². The van der Waals surface area contributed by atoms with E-state index in [0.29, 0.717) is 19.0 Å². The lowest BCUT2D eigenvalue weighted by Crippen LogP contribution is -2.46. The Morgan fingerprint density at radius 1 is 1.57 bits per heavy atom. The smallest absolute Gasteiger partial charge is 0.216 e. The zero-order valence-electron chi connectivity index (χ0n) is 12.5. The number of nitrogens with one attached hydrogen (secondary N) is 1. The Hall–Kier alpha value is -1.03. The van der Waals surface area contributed by atoms with E-state index < -0.39 is 16.1 Å². The molecule has 21 heavy (non-hydrogen) atoms. The molecule has 1 N–H and O–H groups in total. The Balaban J connectivity index is 2.05. The Kier molecular flexibility index (Phi) is 5.31. The average molecular weight is 318 g/mol. The van der Waals surface area contributed by atoms with Gasteiger partial charge in [0.25, 0.3) is 0 Å². The third-order valence-electron chi connectivity index (χ3n) is 3.58. The van der Waals surface area contributed by atoms with E-state index in [1.807, 2.05) is 13.8 Å². The number of hydrogen-bond donors (Lipinski definition) is 1. The van der Waals surface area contributed by atoms with E-state index in [1.54, 1.807) is 0 Å². The third-order valence-corrected chi connectivity index (χ3v) is 5.45. The number of morpholine rings is 1. The lowest BCUT2D eigenvalue weighted by molar-refractivity contribution is -0.00799. The van der Waals surface area contributed by atoms with Gasteiger partial charge in [-0.05, 0) is 5.92 Å². The second-order valence-electron chi connectivity index (χ2n) is 5.38. The quantitative estimate of drug-likeness (QED) is 0.803. The number of hydrogen-bond acceptors (Lipinski definition) is 6. The number of methoxy groups -OCH3 is 1.